The predicted molar refractivity (Wildman–Crippen MR) is 113 cm³/mol. The van der Waals surface area contributed by atoms with E-state index < -0.39 is 6.04 Å². The molecule has 0 bridgehead atoms. The molecule has 5 heteroatoms. The molecule has 2 aromatic rings. The minimum Gasteiger partial charge on any atom is -0.357 e. The Kier molecular flexibility index (Phi) is 8.40. The second kappa shape index (κ2) is 10.8. The van der Waals surface area contributed by atoms with Crippen LogP contribution in [0.4, 0.5) is 0 Å². The highest BCUT2D eigenvalue weighted by molar-refractivity contribution is 7.99. The van der Waals surface area contributed by atoms with Crippen LogP contribution in [0, 0.1) is 6.92 Å². The van der Waals surface area contributed by atoms with Crippen molar-refractivity contribution in [3.63, 3.8) is 0 Å². The molecule has 0 saturated heterocycles. The molecule has 0 heterocycles. The van der Waals surface area contributed by atoms with E-state index in [0.29, 0.717) is 12.3 Å². The van der Waals surface area contributed by atoms with E-state index in [1.807, 2.05) is 42.5 Å². The third-order valence-corrected chi connectivity index (χ3v) is 5.61. The van der Waals surface area contributed by atoms with Crippen LogP contribution in [-0.4, -0.2) is 42.1 Å². The molecule has 1 N–H and O–H groups in total. The highest BCUT2D eigenvalue weighted by atomic mass is 32.2. The molecule has 27 heavy (non-hydrogen) atoms. The highest BCUT2D eigenvalue weighted by Crippen LogP contribution is 2.17. The van der Waals surface area contributed by atoms with Gasteiger partial charge in [-0.05, 0) is 37.0 Å². The molecule has 1 atom stereocenters. The standard InChI is InChI=1S/C22H28N2O2S/c1-17-9-7-8-12-20(17)15-27-16-21(25)24(18(2)22(26)23-3)14-13-19-10-5-4-6-11-19/h4-12,18H,13-16H2,1-3H3,(H,23,26)/t18-/m0/s1. The molecule has 0 radical (unpaired) electrons. The third-order valence-electron chi connectivity index (χ3n) is 4.64. The van der Waals surface area contributed by atoms with Gasteiger partial charge in [0.2, 0.25) is 11.8 Å². The maximum absolute atomic E-state index is 12.8. The smallest absolute Gasteiger partial charge is 0.242 e. The number of nitrogens with one attached hydrogen (secondary N) is 1. The molecule has 0 saturated carbocycles. The van der Waals surface area contributed by atoms with Gasteiger partial charge in [0.05, 0.1) is 5.75 Å². The summed E-state index contributed by atoms with van der Waals surface area (Å²) in [7, 11) is 1.60. The summed E-state index contributed by atoms with van der Waals surface area (Å²) in [4.78, 5) is 26.6. The Hall–Kier alpha value is -2.27. The zero-order chi connectivity index (χ0) is 19.6. The molecule has 144 valence electrons. The maximum atomic E-state index is 12.8. The average molecular weight is 385 g/mol. The minimum absolute atomic E-state index is 0.000570. The number of hydrogen-bond donors (Lipinski definition) is 1. The summed E-state index contributed by atoms with van der Waals surface area (Å²) in [5, 5.41) is 2.65. The van der Waals surface area contributed by atoms with Gasteiger partial charge in [0.15, 0.2) is 0 Å². The Balaban J connectivity index is 1.97. The molecular formula is C22H28N2O2S. The second-order valence-electron chi connectivity index (χ2n) is 6.53. The topological polar surface area (TPSA) is 49.4 Å². The third kappa shape index (κ3) is 6.43. The number of thioether (sulfide) groups is 1. The lowest BCUT2D eigenvalue weighted by Crippen LogP contribution is -2.48. The van der Waals surface area contributed by atoms with E-state index in [-0.39, 0.29) is 11.8 Å². The molecule has 4 nitrogen and oxygen atoms in total. The summed E-state index contributed by atoms with van der Waals surface area (Å²) < 4.78 is 0. The highest BCUT2D eigenvalue weighted by Gasteiger charge is 2.24. The lowest BCUT2D eigenvalue weighted by Gasteiger charge is -2.28. The number of carbonyl (C=O) groups is 2. The molecule has 0 aromatic heterocycles. The fourth-order valence-corrected chi connectivity index (χ4v) is 3.87. The molecular weight excluding hydrogens is 356 g/mol. The van der Waals surface area contributed by atoms with Crippen LogP contribution in [0.3, 0.4) is 0 Å². The van der Waals surface area contributed by atoms with Crippen LogP contribution in [0.25, 0.3) is 0 Å². The Morgan fingerprint density at radius 1 is 1.07 bits per heavy atom. The number of nitrogens with zero attached hydrogens (tertiary/aromatic N) is 1. The monoisotopic (exact) mass is 384 g/mol. The van der Waals surface area contributed by atoms with Gasteiger partial charge in [0.25, 0.3) is 0 Å². The van der Waals surface area contributed by atoms with Gasteiger partial charge in [0.1, 0.15) is 6.04 Å². The number of amides is 2. The van der Waals surface area contributed by atoms with Gasteiger partial charge in [-0.2, -0.15) is 0 Å². The predicted octanol–water partition coefficient (Wildman–Crippen LogP) is 3.43. The van der Waals surface area contributed by atoms with E-state index >= 15 is 0 Å². The van der Waals surface area contributed by atoms with E-state index in [1.165, 1.54) is 11.1 Å². The van der Waals surface area contributed by atoms with E-state index in [0.717, 1.165) is 17.7 Å². The van der Waals surface area contributed by atoms with E-state index in [4.69, 9.17) is 0 Å². The first-order chi connectivity index (χ1) is 13.0. The summed E-state index contributed by atoms with van der Waals surface area (Å²) >= 11 is 1.59. The van der Waals surface area contributed by atoms with Crippen molar-refractivity contribution in [2.75, 3.05) is 19.3 Å². The first kappa shape index (κ1) is 21.0. The molecule has 2 rings (SSSR count). The lowest BCUT2D eigenvalue weighted by molar-refractivity contribution is -0.137. The summed E-state index contributed by atoms with van der Waals surface area (Å²) in [6.07, 6.45) is 0.733. The maximum Gasteiger partial charge on any atom is 0.242 e. The van der Waals surface area contributed by atoms with Crippen molar-refractivity contribution in [1.82, 2.24) is 10.2 Å². The van der Waals surface area contributed by atoms with Crippen molar-refractivity contribution < 1.29 is 9.59 Å². The van der Waals surface area contributed by atoms with E-state index in [9.17, 15) is 9.59 Å². The van der Waals surface area contributed by atoms with Crippen LogP contribution < -0.4 is 5.32 Å². The molecule has 2 aromatic carbocycles. The quantitative estimate of drug-likeness (QED) is 0.721. The van der Waals surface area contributed by atoms with E-state index in [1.54, 1.807) is 30.6 Å². The van der Waals surface area contributed by atoms with Crippen molar-refractivity contribution in [2.24, 2.45) is 0 Å². The summed E-state index contributed by atoms with van der Waals surface area (Å²) in [6, 6.07) is 17.8. The van der Waals surface area contributed by atoms with Crippen LogP contribution in [0.1, 0.15) is 23.6 Å². The van der Waals surface area contributed by atoms with Gasteiger partial charge in [-0.15, -0.1) is 11.8 Å². The molecule has 0 aliphatic heterocycles. The lowest BCUT2D eigenvalue weighted by atomic mass is 10.1. The minimum atomic E-state index is -0.481. The van der Waals surface area contributed by atoms with Gasteiger partial charge in [0, 0.05) is 19.3 Å². The fourth-order valence-electron chi connectivity index (χ4n) is 2.88. The van der Waals surface area contributed by atoms with Crippen LogP contribution in [0.15, 0.2) is 54.6 Å². The van der Waals surface area contributed by atoms with Crippen LogP contribution >= 0.6 is 11.8 Å². The summed E-state index contributed by atoms with van der Waals surface area (Å²) in [5.74, 6) is 1.02. The normalized spacial score (nSPS) is 11.7. The first-order valence-electron chi connectivity index (χ1n) is 9.20. The van der Waals surface area contributed by atoms with Crippen LogP contribution in [-0.2, 0) is 21.8 Å². The average Bonchev–Trinajstić information content (AvgIpc) is 2.69. The van der Waals surface area contributed by atoms with Crippen LogP contribution in [0.5, 0.6) is 0 Å². The fraction of sp³-hybridized carbons (Fsp3) is 0.364. The van der Waals surface area contributed by atoms with Crippen LogP contribution in [0.2, 0.25) is 0 Å². The van der Waals surface area contributed by atoms with Gasteiger partial charge >= 0.3 is 0 Å². The van der Waals surface area contributed by atoms with Gasteiger partial charge in [-0.25, -0.2) is 0 Å². The Morgan fingerprint density at radius 2 is 1.74 bits per heavy atom. The largest absolute Gasteiger partial charge is 0.357 e. The second-order valence-corrected chi connectivity index (χ2v) is 7.52. The molecule has 0 aliphatic carbocycles. The van der Waals surface area contributed by atoms with Crippen molar-refractivity contribution in [1.29, 1.82) is 0 Å². The molecule has 0 spiro atoms. The molecule has 2 amide bonds. The SMILES string of the molecule is CNC(=O)[C@H](C)N(CCc1ccccc1)C(=O)CSCc1ccccc1C. The van der Waals surface area contributed by atoms with E-state index in [2.05, 4.69) is 24.4 Å². The number of likely N-dealkylation sites (N-methyl/N-ethyl adjacent to an activating group) is 1. The Bertz CT molecular complexity index is 749. The number of hydrogen-bond acceptors (Lipinski definition) is 3. The molecule has 0 aliphatic rings. The van der Waals surface area contributed by atoms with Gasteiger partial charge in [-0.1, -0.05) is 54.6 Å². The number of rotatable bonds is 9. The number of aryl methyl sites for hydroxylation is 1. The first-order valence-corrected chi connectivity index (χ1v) is 10.4. The zero-order valence-corrected chi connectivity index (χ0v) is 17.1. The summed E-state index contributed by atoms with van der Waals surface area (Å²) in [6.45, 7) is 4.40. The van der Waals surface area contributed by atoms with Crippen molar-refractivity contribution in [2.45, 2.75) is 32.1 Å². The molecule has 0 fully saturated rings. The zero-order valence-electron chi connectivity index (χ0n) is 16.3. The van der Waals surface area contributed by atoms with Gasteiger partial charge in [-0.3, -0.25) is 9.59 Å². The van der Waals surface area contributed by atoms with Gasteiger partial charge < -0.3 is 10.2 Å². The number of benzene rings is 2. The molecule has 0 unspecified atom stereocenters. The summed E-state index contributed by atoms with van der Waals surface area (Å²) in [5.41, 5.74) is 3.63. The Morgan fingerprint density at radius 3 is 2.41 bits per heavy atom. The van der Waals surface area contributed by atoms with Crippen molar-refractivity contribution >= 4 is 23.6 Å². The number of carbonyl (C=O) groups excluding carboxylic acids is 2. The van der Waals surface area contributed by atoms with Crippen molar-refractivity contribution in [3.05, 3.63) is 71.3 Å². The Labute approximate surface area is 166 Å². The van der Waals surface area contributed by atoms with Crippen molar-refractivity contribution in [3.8, 4) is 0 Å².